The van der Waals surface area contributed by atoms with Gasteiger partial charge < -0.3 is 5.32 Å². The van der Waals surface area contributed by atoms with Crippen molar-refractivity contribution in [3.63, 3.8) is 0 Å². The average Bonchev–Trinajstić information content (AvgIpc) is 2.93. The van der Waals surface area contributed by atoms with Crippen LogP contribution < -0.4 is 5.32 Å². The molecule has 0 saturated carbocycles. The highest BCUT2D eigenvalue weighted by Crippen LogP contribution is 2.30. The van der Waals surface area contributed by atoms with E-state index in [0.717, 1.165) is 26.7 Å². The molecule has 1 heterocycles. The molecule has 0 spiro atoms. The van der Waals surface area contributed by atoms with Gasteiger partial charge in [-0.05, 0) is 38.0 Å². The molecule has 0 fully saturated rings. The van der Waals surface area contributed by atoms with Gasteiger partial charge in [0.2, 0.25) is 0 Å². The zero-order valence-electron chi connectivity index (χ0n) is 13.4. The number of anilines is 1. The third-order valence-electron chi connectivity index (χ3n) is 3.62. The molecule has 3 rings (SSSR count). The molecule has 0 aliphatic heterocycles. The zero-order chi connectivity index (χ0) is 16.4. The Morgan fingerprint density at radius 1 is 1.04 bits per heavy atom. The number of amides is 1. The van der Waals surface area contributed by atoms with Crippen LogP contribution in [0.5, 0.6) is 0 Å². The van der Waals surface area contributed by atoms with Gasteiger partial charge in [-0.25, -0.2) is 4.98 Å². The first kappa shape index (κ1) is 15.4. The van der Waals surface area contributed by atoms with Crippen molar-refractivity contribution in [3.8, 4) is 10.4 Å². The number of nitrogens with one attached hydrogen (secondary N) is 1. The van der Waals surface area contributed by atoms with Crippen molar-refractivity contribution < 1.29 is 4.79 Å². The van der Waals surface area contributed by atoms with E-state index in [0.29, 0.717) is 5.69 Å². The van der Waals surface area contributed by atoms with Gasteiger partial charge in [0.15, 0.2) is 0 Å². The minimum absolute atomic E-state index is 0.167. The molecule has 116 valence electrons. The predicted molar refractivity (Wildman–Crippen MR) is 96.2 cm³/mol. The summed E-state index contributed by atoms with van der Waals surface area (Å²) in [4.78, 5) is 18.0. The molecule has 0 atom stereocenters. The van der Waals surface area contributed by atoms with Gasteiger partial charge in [0.25, 0.3) is 5.91 Å². The number of hydrogen-bond acceptors (Lipinski definition) is 3. The van der Waals surface area contributed by atoms with E-state index in [4.69, 9.17) is 0 Å². The topological polar surface area (TPSA) is 42.0 Å². The summed E-state index contributed by atoms with van der Waals surface area (Å²) in [6, 6.07) is 15.9. The monoisotopic (exact) mass is 322 g/mol. The smallest absolute Gasteiger partial charge is 0.275 e. The summed E-state index contributed by atoms with van der Waals surface area (Å²) in [6.07, 6.45) is 0. The summed E-state index contributed by atoms with van der Waals surface area (Å²) in [7, 11) is 0. The van der Waals surface area contributed by atoms with E-state index in [1.165, 1.54) is 5.56 Å². The molecule has 2 aromatic carbocycles. The van der Waals surface area contributed by atoms with Crippen LogP contribution in [0.3, 0.4) is 0 Å². The van der Waals surface area contributed by atoms with Crippen LogP contribution in [0.2, 0.25) is 0 Å². The first-order chi connectivity index (χ1) is 11.0. The lowest BCUT2D eigenvalue weighted by Gasteiger charge is -2.09. The van der Waals surface area contributed by atoms with Gasteiger partial charge in [0.1, 0.15) is 5.69 Å². The van der Waals surface area contributed by atoms with Gasteiger partial charge in [-0.3, -0.25) is 4.79 Å². The van der Waals surface area contributed by atoms with Crippen molar-refractivity contribution in [3.05, 3.63) is 70.4 Å². The van der Waals surface area contributed by atoms with Crippen LogP contribution in [0.15, 0.2) is 48.5 Å². The predicted octanol–water partition coefficient (Wildman–Crippen LogP) is 4.99. The van der Waals surface area contributed by atoms with Crippen LogP contribution in [0.4, 0.5) is 5.69 Å². The number of carbonyl (C=O) groups excluding carboxylic acids is 1. The molecule has 0 unspecified atom stereocenters. The molecular weight excluding hydrogens is 304 g/mol. The van der Waals surface area contributed by atoms with Gasteiger partial charge >= 0.3 is 0 Å². The van der Waals surface area contributed by atoms with E-state index < -0.39 is 0 Å². The second kappa shape index (κ2) is 6.34. The number of nitrogens with zero attached hydrogens (tertiary/aromatic N) is 1. The summed E-state index contributed by atoms with van der Waals surface area (Å²) in [5.41, 5.74) is 4.55. The Kier molecular flexibility index (Phi) is 4.26. The zero-order valence-corrected chi connectivity index (χ0v) is 14.2. The number of benzene rings is 2. The maximum absolute atomic E-state index is 12.7. The highest BCUT2D eigenvalue weighted by molar-refractivity contribution is 7.15. The molecule has 3 nitrogen and oxygen atoms in total. The molecule has 0 saturated heterocycles. The van der Waals surface area contributed by atoms with Crippen LogP contribution in [-0.2, 0) is 0 Å². The van der Waals surface area contributed by atoms with Crippen LogP contribution >= 0.6 is 11.3 Å². The van der Waals surface area contributed by atoms with E-state index in [1.54, 1.807) is 11.3 Å². The third-order valence-corrected chi connectivity index (χ3v) is 4.64. The summed E-state index contributed by atoms with van der Waals surface area (Å²) in [5.74, 6) is -0.167. The Bertz CT molecular complexity index is 853. The van der Waals surface area contributed by atoms with Crippen LogP contribution in [0.25, 0.3) is 10.4 Å². The fourth-order valence-electron chi connectivity index (χ4n) is 2.50. The molecule has 23 heavy (non-hydrogen) atoms. The SMILES string of the molecule is Cc1ccc(NC(=O)c2nc(C)sc2-c2ccccc2)c(C)c1. The molecule has 1 N–H and O–H groups in total. The lowest BCUT2D eigenvalue weighted by molar-refractivity contribution is 0.102. The van der Waals surface area contributed by atoms with Crippen LogP contribution in [0.1, 0.15) is 26.6 Å². The van der Waals surface area contributed by atoms with E-state index >= 15 is 0 Å². The number of aromatic nitrogens is 1. The van der Waals surface area contributed by atoms with Crippen molar-refractivity contribution in [2.45, 2.75) is 20.8 Å². The molecule has 0 radical (unpaired) electrons. The Labute approximate surface area is 140 Å². The summed E-state index contributed by atoms with van der Waals surface area (Å²) in [6.45, 7) is 5.95. The highest BCUT2D eigenvalue weighted by Gasteiger charge is 2.18. The van der Waals surface area contributed by atoms with Gasteiger partial charge in [-0.15, -0.1) is 11.3 Å². The molecular formula is C19H18N2OS. The van der Waals surface area contributed by atoms with Crippen molar-refractivity contribution in [2.75, 3.05) is 5.32 Å². The number of rotatable bonds is 3. The van der Waals surface area contributed by atoms with E-state index in [-0.39, 0.29) is 5.91 Å². The number of hydrogen-bond donors (Lipinski definition) is 1. The third kappa shape index (κ3) is 3.32. The molecule has 0 bridgehead atoms. The fourth-order valence-corrected chi connectivity index (χ4v) is 3.42. The lowest BCUT2D eigenvalue weighted by atomic mass is 10.1. The second-order valence-corrected chi connectivity index (χ2v) is 6.75. The van der Waals surface area contributed by atoms with Gasteiger partial charge in [-0.1, -0.05) is 48.0 Å². The highest BCUT2D eigenvalue weighted by atomic mass is 32.1. The fraction of sp³-hybridized carbons (Fsp3) is 0.158. The molecule has 1 aromatic heterocycles. The van der Waals surface area contributed by atoms with E-state index in [9.17, 15) is 4.79 Å². The largest absolute Gasteiger partial charge is 0.320 e. The lowest BCUT2D eigenvalue weighted by Crippen LogP contribution is -2.14. The summed E-state index contributed by atoms with van der Waals surface area (Å²) >= 11 is 1.54. The summed E-state index contributed by atoms with van der Waals surface area (Å²) in [5, 5.41) is 3.87. The summed E-state index contributed by atoms with van der Waals surface area (Å²) < 4.78 is 0. The molecule has 4 heteroatoms. The molecule has 0 aliphatic rings. The Hall–Kier alpha value is -2.46. The minimum atomic E-state index is -0.167. The number of carbonyl (C=O) groups is 1. The number of thiazole rings is 1. The van der Waals surface area contributed by atoms with Crippen LogP contribution in [-0.4, -0.2) is 10.9 Å². The molecule has 3 aromatic rings. The quantitative estimate of drug-likeness (QED) is 0.738. The average molecular weight is 322 g/mol. The first-order valence-corrected chi connectivity index (χ1v) is 8.27. The van der Waals surface area contributed by atoms with Crippen molar-refractivity contribution >= 4 is 22.9 Å². The first-order valence-electron chi connectivity index (χ1n) is 7.46. The molecule has 0 aliphatic carbocycles. The Morgan fingerprint density at radius 3 is 2.48 bits per heavy atom. The van der Waals surface area contributed by atoms with Gasteiger partial charge in [0, 0.05) is 5.69 Å². The Morgan fingerprint density at radius 2 is 1.78 bits per heavy atom. The van der Waals surface area contributed by atoms with Crippen molar-refractivity contribution in [2.24, 2.45) is 0 Å². The standard InChI is InChI=1S/C19H18N2OS/c1-12-9-10-16(13(2)11-12)21-19(22)17-18(23-14(3)20-17)15-7-5-4-6-8-15/h4-11H,1-3H3,(H,21,22). The minimum Gasteiger partial charge on any atom is -0.320 e. The van der Waals surface area contributed by atoms with E-state index in [1.807, 2.05) is 63.2 Å². The van der Waals surface area contributed by atoms with Crippen molar-refractivity contribution in [1.29, 1.82) is 0 Å². The number of aryl methyl sites for hydroxylation is 3. The van der Waals surface area contributed by atoms with Crippen LogP contribution in [0, 0.1) is 20.8 Å². The van der Waals surface area contributed by atoms with Gasteiger partial charge in [0.05, 0.1) is 9.88 Å². The normalized spacial score (nSPS) is 10.6. The molecule has 1 amide bonds. The maximum atomic E-state index is 12.7. The van der Waals surface area contributed by atoms with Gasteiger partial charge in [-0.2, -0.15) is 0 Å². The van der Waals surface area contributed by atoms with E-state index in [2.05, 4.69) is 16.4 Å². The second-order valence-electron chi connectivity index (χ2n) is 5.55. The maximum Gasteiger partial charge on any atom is 0.275 e. The van der Waals surface area contributed by atoms with Crippen molar-refractivity contribution in [1.82, 2.24) is 4.98 Å². The Balaban J connectivity index is 1.94.